The molecule has 1 spiro atoms. The third-order valence-corrected chi connectivity index (χ3v) is 2.89. The average Bonchev–Trinajstić information content (AvgIpc) is 2.39. The predicted molar refractivity (Wildman–Crippen MR) is 47.2 cm³/mol. The fourth-order valence-corrected chi connectivity index (χ4v) is 2.03. The Kier molecular flexibility index (Phi) is 3.16. The molecule has 1 N–H and O–H groups in total. The van der Waals surface area contributed by atoms with E-state index in [4.69, 9.17) is 4.74 Å². The third-order valence-electron chi connectivity index (χ3n) is 2.89. The van der Waals surface area contributed by atoms with Gasteiger partial charge in [0, 0.05) is 19.8 Å². The lowest BCUT2D eigenvalue weighted by molar-refractivity contribution is 0.0246. The van der Waals surface area contributed by atoms with Gasteiger partial charge in [-0.25, -0.2) is 0 Å². The molecule has 2 saturated heterocycles. The van der Waals surface area contributed by atoms with Crippen molar-refractivity contribution < 1.29 is 4.74 Å². The molecule has 0 unspecified atom stereocenters. The molecule has 0 radical (unpaired) electrons. The minimum absolute atomic E-state index is 0. The molecule has 0 aromatic heterocycles. The van der Waals surface area contributed by atoms with Crippen molar-refractivity contribution in [3.05, 3.63) is 0 Å². The summed E-state index contributed by atoms with van der Waals surface area (Å²) in [5, 5.41) is 3.43. The summed E-state index contributed by atoms with van der Waals surface area (Å²) >= 11 is 0. The molecule has 2 fully saturated rings. The molecular formula is C8H16ClNO. The second kappa shape index (κ2) is 3.74. The molecule has 2 aliphatic rings. The van der Waals surface area contributed by atoms with Gasteiger partial charge in [0.25, 0.3) is 0 Å². The first-order valence-electron chi connectivity index (χ1n) is 4.20. The lowest BCUT2D eigenvalue weighted by Gasteiger charge is -2.32. The van der Waals surface area contributed by atoms with Crippen LogP contribution in [0.4, 0.5) is 0 Å². The molecule has 66 valence electrons. The summed E-state index contributed by atoms with van der Waals surface area (Å²) < 4.78 is 5.33. The van der Waals surface area contributed by atoms with Crippen molar-refractivity contribution in [1.29, 1.82) is 0 Å². The van der Waals surface area contributed by atoms with E-state index in [-0.39, 0.29) is 12.4 Å². The molecule has 0 amide bonds. The van der Waals surface area contributed by atoms with Crippen molar-refractivity contribution in [1.82, 2.24) is 5.32 Å². The SMILES string of the molecule is C1CC2(CCOCC2)CN1.Cl. The maximum Gasteiger partial charge on any atom is 0.0471 e. The van der Waals surface area contributed by atoms with E-state index in [1.807, 2.05) is 0 Å². The molecule has 0 bridgehead atoms. The highest BCUT2D eigenvalue weighted by atomic mass is 35.5. The minimum Gasteiger partial charge on any atom is -0.381 e. The van der Waals surface area contributed by atoms with E-state index in [0.29, 0.717) is 5.41 Å². The predicted octanol–water partition coefficient (Wildman–Crippen LogP) is 1.20. The zero-order valence-corrected chi connectivity index (χ0v) is 7.58. The summed E-state index contributed by atoms with van der Waals surface area (Å²) in [6.07, 6.45) is 3.93. The van der Waals surface area contributed by atoms with Gasteiger partial charge in [0.2, 0.25) is 0 Å². The van der Waals surface area contributed by atoms with Gasteiger partial charge in [0.05, 0.1) is 0 Å². The van der Waals surface area contributed by atoms with Gasteiger partial charge >= 0.3 is 0 Å². The van der Waals surface area contributed by atoms with Gasteiger partial charge in [0.1, 0.15) is 0 Å². The van der Waals surface area contributed by atoms with Crippen molar-refractivity contribution >= 4 is 12.4 Å². The van der Waals surface area contributed by atoms with Crippen LogP contribution in [-0.2, 0) is 4.74 Å². The zero-order chi connectivity index (χ0) is 6.86. The molecular weight excluding hydrogens is 162 g/mol. The molecule has 0 aromatic carbocycles. The van der Waals surface area contributed by atoms with Crippen LogP contribution < -0.4 is 5.32 Å². The van der Waals surface area contributed by atoms with Crippen LogP contribution in [-0.4, -0.2) is 26.3 Å². The van der Waals surface area contributed by atoms with Crippen LogP contribution in [0.2, 0.25) is 0 Å². The second-order valence-corrected chi connectivity index (χ2v) is 3.54. The summed E-state index contributed by atoms with van der Waals surface area (Å²) in [4.78, 5) is 0. The lowest BCUT2D eigenvalue weighted by atomic mass is 9.80. The maximum atomic E-state index is 5.33. The first-order valence-corrected chi connectivity index (χ1v) is 4.20. The van der Waals surface area contributed by atoms with Crippen molar-refractivity contribution in [3.63, 3.8) is 0 Å². The van der Waals surface area contributed by atoms with E-state index in [2.05, 4.69) is 5.32 Å². The second-order valence-electron chi connectivity index (χ2n) is 3.54. The van der Waals surface area contributed by atoms with Gasteiger partial charge in [-0.3, -0.25) is 0 Å². The smallest absolute Gasteiger partial charge is 0.0471 e. The molecule has 0 saturated carbocycles. The quantitative estimate of drug-likeness (QED) is 0.601. The fraction of sp³-hybridized carbons (Fsp3) is 1.00. The number of ether oxygens (including phenoxy) is 1. The Morgan fingerprint density at radius 1 is 1.09 bits per heavy atom. The van der Waals surface area contributed by atoms with Crippen LogP contribution >= 0.6 is 12.4 Å². The monoisotopic (exact) mass is 177 g/mol. The van der Waals surface area contributed by atoms with Crippen molar-refractivity contribution in [2.24, 2.45) is 5.41 Å². The Balaban J connectivity index is 0.000000605. The van der Waals surface area contributed by atoms with Crippen LogP contribution in [0.15, 0.2) is 0 Å². The number of nitrogens with one attached hydrogen (secondary N) is 1. The highest BCUT2D eigenvalue weighted by molar-refractivity contribution is 5.85. The normalized spacial score (nSPS) is 28.4. The molecule has 2 aliphatic heterocycles. The highest BCUT2D eigenvalue weighted by Crippen LogP contribution is 2.35. The molecule has 11 heavy (non-hydrogen) atoms. The average molecular weight is 178 g/mol. The summed E-state index contributed by atoms with van der Waals surface area (Å²) in [6, 6.07) is 0. The highest BCUT2D eigenvalue weighted by Gasteiger charge is 2.34. The molecule has 2 heterocycles. The summed E-state index contributed by atoms with van der Waals surface area (Å²) in [5.41, 5.74) is 0.637. The Hall–Kier alpha value is 0.210. The van der Waals surface area contributed by atoms with Gasteiger partial charge in [-0.2, -0.15) is 0 Å². The van der Waals surface area contributed by atoms with Crippen LogP contribution in [0.1, 0.15) is 19.3 Å². The minimum atomic E-state index is 0. The standard InChI is InChI=1S/C8H15NO.ClH/c1-4-9-7-8(1)2-5-10-6-3-8;/h9H,1-7H2;1H. The van der Waals surface area contributed by atoms with Crippen LogP contribution in [0.5, 0.6) is 0 Å². The van der Waals surface area contributed by atoms with E-state index < -0.39 is 0 Å². The van der Waals surface area contributed by atoms with Crippen molar-refractivity contribution in [2.45, 2.75) is 19.3 Å². The summed E-state index contributed by atoms with van der Waals surface area (Å²) in [7, 11) is 0. The summed E-state index contributed by atoms with van der Waals surface area (Å²) in [6.45, 7) is 4.43. The van der Waals surface area contributed by atoms with E-state index in [9.17, 15) is 0 Å². The van der Waals surface area contributed by atoms with E-state index in [1.165, 1.54) is 32.4 Å². The van der Waals surface area contributed by atoms with E-state index >= 15 is 0 Å². The largest absolute Gasteiger partial charge is 0.381 e. The topological polar surface area (TPSA) is 21.3 Å². The fourth-order valence-electron chi connectivity index (χ4n) is 2.03. The number of hydrogen-bond donors (Lipinski definition) is 1. The van der Waals surface area contributed by atoms with Crippen molar-refractivity contribution in [2.75, 3.05) is 26.3 Å². The van der Waals surface area contributed by atoms with Gasteiger partial charge in [-0.15, -0.1) is 12.4 Å². The number of rotatable bonds is 0. The molecule has 0 aromatic rings. The van der Waals surface area contributed by atoms with E-state index in [1.54, 1.807) is 0 Å². The Labute approximate surface area is 74.1 Å². The third kappa shape index (κ3) is 1.86. The number of halogens is 1. The Morgan fingerprint density at radius 2 is 1.82 bits per heavy atom. The van der Waals surface area contributed by atoms with Gasteiger partial charge in [0.15, 0.2) is 0 Å². The van der Waals surface area contributed by atoms with Gasteiger partial charge in [-0.1, -0.05) is 0 Å². The van der Waals surface area contributed by atoms with E-state index in [0.717, 1.165) is 13.2 Å². The molecule has 0 aliphatic carbocycles. The van der Waals surface area contributed by atoms with Gasteiger partial charge < -0.3 is 10.1 Å². The van der Waals surface area contributed by atoms with Crippen molar-refractivity contribution in [3.8, 4) is 0 Å². The molecule has 0 atom stereocenters. The first-order chi connectivity index (χ1) is 4.91. The van der Waals surface area contributed by atoms with Crippen LogP contribution in [0, 0.1) is 5.41 Å². The molecule has 2 rings (SSSR count). The molecule has 3 heteroatoms. The van der Waals surface area contributed by atoms with Crippen LogP contribution in [0.25, 0.3) is 0 Å². The lowest BCUT2D eigenvalue weighted by Crippen LogP contribution is -2.31. The number of hydrogen-bond acceptors (Lipinski definition) is 2. The maximum absolute atomic E-state index is 5.33. The molecule has 2 nitrogen and oxygen atoms in total. The zero-order valence-electron chi connectivity index (χ0n) is 6.77. The van der Waals surface area contributed by atoms with Crippen LogP contribution in [0.3, 0.4) is 0 Å². The first kappa shape index (κ1) is 9.30. The Bertz CT molecular complexity index is 115. The summed E-state index contributed by atoms with van der Waals surface area (Å²) in [5.74, 6) is 0. The Morgan fingerprint density at radius 3 is 2.36 bits per heavy atom. The van der Waals surface area contributed by atoms with Gasteiger partial charge in [-0.05, 0) is 31.2 Å².